The van der Waals surface area contributed by atoms with Crippen molar-refractivity contribution in [1.82, 2.24) is 9.97 Å². The van der Waals surface area contributed by atoms with Crippen molar-refractivity contribution in [3.63, 3.8) is 0 Å². The van der Waals surface area contributed by atoms with Crippen molar-refractivity contribution in [2.24, 2.45) is 5.73 Å². The van der Waals surface area contributed by atoms with E-state index in [9.17, 15) is 0 Å². The normalized spacial score (nSPS) is 11.0. The van der Waals surface area contributed by atoms with Gasteiger partial charge in [-0.05, 0) is 6.07 Å². The lowest BCUT2D eigenvalue weighted by Gasteiger charge is -2.13. The lowest BCUT2D eigenvalue weighted by atomic mass is 10.2. The summed E-state index contributed by atoms with van der Waals surface area (Å²) < 4.78 is 5.72. The van der Waals surface area contributed by atoms with E-state index in [0.717, 1.165) is 0 Å². The van der Waals surface area contributed by atoms with Crippen LogP contribution in [0.15, 0.2) is 18.3 Å². The molecule has 1 heterocycles. The second kappa shape index (κ2) is 6.79. The first-order valence-electron chi connectivity index (χ1n) is 6.30. The summed E-state index contributed by atoms with van der Waals surface area (Å²) in [7, 11) is 0. The molecule has 2 aromatic rings. The minimum Gasteiger partial charge on any atom is -0.452 e. The van der Waals surface area contributed by atoms with Crippen LogP contribution in [0.1, 0.15) is 31.3 Å². The Hall–Kier alpha value is -1.07. The molecule has 1 aromatic carbocycles. The van der Waals surface area contributed by atoms with Gasteiger partial charge < -0.3 is 10.5 Å². The van der Waals surface area contributed by atoms with Gasteiger partial charge in [0.25, 0.3) is 0 Å². The second-order valence-corrected chi connectivity index (χ2v) is 5.92. The minimum absolute atomic E-state index is 0.206. The van der Waals surface area contributed by atoms with Gasteiger partial charge in [0, 0.05) is 18.5 Å². The maximum atomic E-state index is 6.09. The molecule has 0 aliphatic carbocycles. The first kappa shape index (κ1) is 16.3. The third-order valence-electron chi connectivity index (χ3n) is 2.75. The predicted octanol–water partition coefficient (Wildman–Crippen LogP) is 4.81. The van der Waals surface area contributed by atoms with Crippen LogP contribution in [0.3, 0.4) is 0 Å². The fourth-order valence-electron chi connectivity index (χ4n) is 1.63. The van der Waals surface area contributed by atoms with Gasteiger partial charge in [-0.15, -0.1) is 0 Å². The van der Waals surface area contributed by atoms with Gasteiger partial charge in [0.1, 0.15) is 17.3 Å². The molecule has 21 heavy (non-hydrogen) atoms. The van der Waals surface area contributed by atoms with Crippen LogP contribution >= 0.6 is 34.8 Å². The number of nitrogens with two attached hydrogens (primary N) is 1. The molecule has 7 heteroatoms. The number of hydrogen-bond donors (Lipinski definition) is 1. The molecule has 0 saturated carbocycles. The Morgan fingerprint density at radius 3 is 2.38 bits per heavy atom. The summed E-state index contributed by atoms with van der Waals surface area (Å²) in [6.07, 6.45) is 1.59. The number of nitrogens with zero attached hydrogens (tertiary/aromatic N) is 2. The Balaban J connectivity index is 2.37. The van der Waals surface area contributed by atoms with Crippen molar-refractivity contribution < 1.29 is 4.74 Å². The van der Waals surface area contributed by atoms with Crippen LogP contribution in [0.25, 0.3) is 0 Å². The maximum Gasteiger partial charge on any atom is 0.168 e. The van der Waals surface area contributed by atoms with Gasteiger partial charge in [0.2, 0.25) is 0 Å². The summed E-state index contributed by atoms with van der Waals surface area (Å²) in [6.45, 7) is 4.24. The predicted molar refractivity (Wildman–Crippen MR) is 85.6 cm³/mol. The van der Waals surface area contributed by atoms with E-state index in [-0.39, 0.29) is 12.5 Å². The molecule has 0 aliphatic rings. The molecule has 0 radical (unpaired) electrons. The second-order valence-electron chi connectivity index (χ2n) is 4.70. The zero-order chi connectivity index (χ0) is 15.6. The number of halogens is 3. The van der Waals surface area contributed by atoms with Gasteiger partial charge in [-0.3, -0.25) is 0 Å². The Bertz CT molecular complexity index is 662. The fraction of sp³-hybridized carbons (Fsp3) is 0.286. The van der Waals surface area contributed by atoms with E-state index in [1.165, 1.54) is 6.07 Å². The molecule has 0 fully saturated rings. The standard InChI is InChI=1S/C14H14Cl3N3O/c1-7(2)14-19-6-13(11(5-18)20-14)21-12-4-9(16)8(15)3-10(12)17/h3-4,6-7H,5,18H2,1-2H3. The summed E-state index contributed by atoms with van der Waals surface area (Å²) in [4.78, 5) is 8.65. The molecule has 0 aliphatic heterocycles. The van der Waals surface area contributed by atoms with E-state index in [4.69, 9.17) is 45.3 Å². The van der Waals surface area contributed by atoms with Crippen LogP contribution in [0.4, 0.5) is 0 Å². The van der Waals surface area contributed by atoms with Gasteiger partial charge in [0.05, 0.1) is 21.3 Å². The Kier molecular flexibility index (Phi) is 5.27. The van der Waals surface area contributed by atoms with Gasteiger partial charge in [-0.1, -0.05) is 48.7 Å². The molecular weight excluding hydrogens is 333 g/mol. The number of benzene rings is 1. The van der Waals surface area contributed by atoms with Crippen LogP contribution in [0, 0.1) is 0 Å². The quantitative estimate of drug-likeness (QED) is 0.807. The largest absolute Gasteiger partial charge is 0.452 e. The first-order chi connectivity index (χ1) is 9.92. The average Bonchev–Trinajstić information content (AvgIpc) is 2.44. The van der Waals surface area contributed by atoms with Crippen LogP contribution in [0.2, 0.25) is 15.1 Å². The van der Waals surface area contributed by atoms with Crippen molar-refractivity contribution in [1.29, 1.82) is 0 Å². The Morgan fingerprint density at radius 2 is 1.76 bits per heavy atom. The van der Waals surface area contributed by atoms with E-state index in [1.54, 1.807) is 12.3 Å². The molecule has 2 rings (SSSR count). The summed E-state index contributed by atoms with van der Waals surface area (Å²) in [6, 6.07) is 3.06. The zero-order valence-corrected chi connectivity index (χ0v) is 13.8. The van der Waals surface area contributed by atoms with Crippen molar-refractivity contribution in [3.05, 3.63) is 44.9 Å². The highest BCUT2D eigenvalue weighted by molar-refractivity contribution is 6.43. The molecular formula is C14H14Cl3N3O. The lowest BCUT2D eigenvalue weighted by molar-refractivity contribution is 0.467. The van der Waals surface area contributed by atoms with Gasteiger partial charge in [-0.25, -0.2) is 9.97 Å². The fourth-order valence-corrected chi connectivity index (χ4v) is 2.21. The summed E-state index contributed by atoms with van der Waals surface area (Å²) in [5.74, 6) is 1.74. The van der Waals surface area contributed by atoms with E-state index >= 15 is 0 Å². The highest BCUT2D eigenvalue weighted by Gasteiger charge is 2.13. The molecule has 1 aromatic heterocycles. The third kappa shape index (κ3) is 3.77. The molecule has 0 spiro atoms. The van der Waals surface area contributed by atoms with Crippen LogP contribution in [-0.4, -0.2) is 9.97 Å². The van der Waals surface area contributed by atoms with Gasteiger partial charge in [-0.2, -0.15) is 0 Å². The summed E-state index contributed by atoms with van der Waals surface area (Å²) in [5.41, 5.74) is 6.32. The summed E-state index contributed by atoms with van der Waals surface area (Å²) in [5, 5.41) is 1.06. The van der Waals surface area contributed by atoms with E-state index in [0.29, 0.717) is 38.1 Å². The molecule has 0 amide bonds. The third-order valence-corrected chi connectivity index (χ3v) is 3.77. The van der Waals surface area contributed by atoms with Crippen molar-refractivity contribution >= 4 is 34.8 Å². The highest BCUT2D eigenvalue weighted by atomic mass is 35.5. The van der Waals surface area contributed by atoms with Crippen LogP contribution in [0.5, 0.6) is 11.5 Å². The molecule has 4 nitrogen and oxygen atoms in total. The Morgan fingerprint density at radius 1 is 1.10 bits per heavy atom. The smallest absolute Gasteiger partial charge is 0.168 e. The highest BCUT2D eigenvalue weighted by Crippen LogP contribution is 2.36. The van der Waals surface area contributed by atoms with Gasteiger partial charge in [0.15, 0.2) is 5.75 Å². The van der Waals surface area contributed by atoms with Crippen molar-refractivity contribution in [2.75, 3.05) is 0 Å². The van der Waals surface area contributed by atoms with Crippen LogP contribution < -0.4 is 10.5 Å². The molecule has 0 atom stereocenters. The van der Waals surface area contributed by atoms with Crippen molar-refractivity contribution in [2.45, 2.75) is 26.3 Å². The van der Waals surface area contributed by atoms with E-state index in [2.05, 4.69) is 9.97 Å². The lowest BCUT2D eigenvalue weighted by Crippen LogP contribution is -2.07. The number of aromatic nitrogens is 2. The molecule has 2 N–H and O–H groups in total. The van der Waals surface area contributed by atoms with Crippen molar-refractivity contribution in [3.8, 4) is 11.5 Å². The SMILES string of the molecule is CC(C)c1ncc(Oc2cc(Cl)c(Cl)cc2Cl)c(CN)n1. The number of rotatable bonds is 4. The van der Waals surface area contributed by atoms with E-state index < -0.39 is 0 Å². The molecule has 112 valence electrons. The topological polar surface area (TPSA) is 61.0 Å². The zero-order valence-electron chi connectivity index (χ0n) is 11.5. The van der Waals surface area contributed by atoms with Gasteiger partial charge >= 0.3 is 0 Å². The minimum atomic E-state index is 0.206. The first-order valence-corrected chi connectivity index (χ1v) is 7.44. The maximum absolute atomic E-state index is 6.09. The average molecular weight is 347 g/mol. The van der Waals surface area contributed by atoms with E-state index in [1.807, 2.05) is 13.8 Å². The molecule has 0 unspecified atom stereocenters. The molecule has 0 saturated heterocycles. The summed E-state index contributed by atoms with van der Waals surface area (Å²) >= 11 is 17.9. The molecule has 0 bridgehead atoms. The van der Waals surface area contributed by atoms with Crippen LogP contribution in [-0.2, 0) is 6.54 Å². The number of hydrogen-bond acceptors (Lipinski definition) is 4. The number of ether oxygens (including phenoxy) is 1. The Labute approximate surface area is 138 Å². The monoisotopic (exact) mass is 345 g/mol.